The average molecular weight is 493 g/mol. The fourth-order valence-electron chi connectivity index (χ4n) is 4.57. The second kappa shape index (κ2) is 11.7. The molecule has 1 amide bonds. The van der Waals surface area contributed by atoms with Gasteiger partial charge in [-0.05, 0) is 49.1 Å². The third-order valence-electron chi connectivity index (χ3n) is 6.37. The molecule has 1 aliphatic rings. The Morgan fingerprint density at radius 1 is 1.11 bits per heavy atom. The first-order valence-electron chi connectivity index (χ1n) is 12.3. The molecule has 0 aliphatic carbocycles. The quantitative estimate of drug-likeness (QED) is 0.409. The van der Waals surface area contributed by atoms with Gasteiger partial charge in [0.05, 0.1) is 25.3 Å². The van der Waals surface area contributed by atoms with Crippen molar-refractivity contribution in [3.8, 4) is 17.2 Å². The van der Waals surface area contributed by atoms with E-state index < -0.39 is 5.97 Å². The summed E-state index contributed by atoms with van der Waals surface area (Å²) < 4.78 is 17.1. The van der Waals surface area contributed by atoms with Crippen molar-refractivity contribution in [2.75, 3.05) is 26.3 Å². The Balaban J connectivity index is 1.40. The third-order valence-corrected chi connectivity index (χ3v) is 6.37. The van der Waals surface area contributed by atoms with Crippen molar-refractivity contribution in [2.24, 2.45) is 5.92 Å². The number of ether oxygens (including phenoxy) is 2. The topological polar surface area (TPSA) is 102 Å². The molecule has 190 valence electrons. The second-order valence-electron chi connectivity index (χ2n) is 9.04. The van der Waals surface area contributed by atoms with Gasteiger partial charge in [0.1, 0.15) is 11.5 Å². The van der Waals surface area contributed by atoms with Gasteiger partial charge in [-0.3, -0.25) is 4.79 Å². The summed E-state index contributed by atoms with van der Waals surface area (Å²) in [7, 11) is 0. The van der Waals surface area contributed by atoms with Gasteiger partial charge in [0, 0.05) is 31.0 Å². The highest BCUT2D eigenvalue weighted by Gasteiger charge is 2.38. The number of rotatable bonds is 10. The highest BCUT2D eigenvalue weighted by molar-refractivity contribution is 5.70. The Kier molecular flexibility index (Phi) is 8.25. The smallest absolute Gasteiger partial charge is 0.409 e. The zero-order valence-electron chi connectivity index (χ0n) is 20.7. The van der Waals surface area contributed by atoms with Gasteiger partial charge in [-0.15, -0.1) is 0 Å². The molecule has 1 saturated heterocycles. The number of hydrogen-bond donors (Lipinski definition) is 1. The Bertz CT molecular complexity index is 1180. The lowest BCUT2D eigenvalue weighted by Crippen LogP contribution is -2.30. The Labute approximate surface area is 210 Å². The largest absolute Gasteiger partial charge is 0.493 e. The van der Waals surface area contributed by atoms with Gasteiger partial charge in [-0.1, -0.05) is 37.3 Å². The number of benzene rings is 2. The van der Waals surface area contributed by atoms with Crippen LogP contribution in [0.1, 0.15) is 42.7 Å². The summed E-state index contributed by atoms with van der Waals surface area (Å²) in [4.78, 5) is 30.1. The normalized spacial score (nSPS) is 17.2. The van der Waals surface area contributed by atoms with Crippen molar-refractivity contribution in [3.05, 3.63) is 71.6 Å². The van der Waals surface area contributed by atoms with Crippen molar-refractivity contribution in [3.63, 3.8) is 0 Å². The molecule has 1 aliphatic heterocycles. The molecule has 4 rings (SSSR count). The summed E-state index contributed by atoms with van der Waals surface area (Å²) in [5.74, 6) is 0.879. The van der Waals surface area contributed by atoms with Gasteiger partial charge in [0.15, 0.2) is 0 Å². The van der Waals surface area contributed by atoms with Gasteiger partial charge in [0.25, 0.3) is 0 Å². The van der Waals surface area contributed by atoms with Crippen molar-refractivity contribution >= 4 is 12.1 Å². The number of hydrogen-bond acceptors (Lipinski definition) is 6. The number of amides is 1. The molecule has 2 atom stereocenters. The minimum absolute atomic E-state index is 0.0114. The molecule has 36 heavy (non-hydrogen) atoms. The Morgan fingerprint density at radius 2 is 1.92 bits per heavy atom. The zero-order chi connectivity index (χ0) is 25.5. The van der Waals surface area contributed by atoms with Crippen LogP contribution in [0, 0.1) is 12.8 Å². The molecule has 0 spiro atoms. The zero-order valence-corrected chi connectivity index (χ0v) is 20.7. The molecule has 0 radical (unpaired) electrons. The molecule has 0 saturated carbocycles. The molecule has 1 aromatic heterocycles. The molecule has 8 nitrogen and oxygen atoms in total. The number of nitrogens with zero attached hydrogens (tertiary/aromatic N) is 2. The van der Waals surface area contributed by atoms with Crippen molar-refractivity contribution in [1.29, 1.82) is 0 Å². The molecular formula is C28H32N2O6. The number of aromatic nitrogens is 1. The van der Waals surface area contributed by atoms with Gasteiger partial charge >= 0.3 is 12.1 Å². The van der Waals surface area contributed by atoms with Crippen LogP contribution in [-0.2, 0) is 16.0 Å². The number of aliphatic carboxylic acids is 1. The van der Waals surface area contributed by atoms with E-state index in [9.17, 15) is 14.7 Å². The van der Waals surface area contributed by atoms with Gasteiger partial charge in [-0.2, -0.15) is 0 Å². The van der Waals surface area contributed by atoms with E-state index in [4.69, 9.17) is 13.9 Å². The summed E-state index contributed by atoms with van der Waals surface area (Å²) in [6, 6.07) is 17.4. The first kappa shape index (κ1) is 25.3. The van der Waals surface area contributed by atoms with E-state index in [0.717, 1.165) is 29.0 Å². The summed E-state index contributed by atoms with van der Waals surface area (Å²) >= 11 is 0. The molecule has 0 unspecified atom stereocenters. The van der Waals surface area contributed by atoms with Crippen LogP contribution in [0.5, 0.6) is 5.75 Å². The fraction of sp³-hybridized carbons (Fsp3) is 0.393. The number of carboxylic acids is 1. The molecular weight excluding hydrogens is 460 g/mol. The van der Waals surface area contributed by atoms with E-state index in [1.807, 2.05) is 68.4 Å². The van der Waals surface area contributed by atoms with Crippen LogP contribution in [0.3, 0.4) is 0 Å². The summed E-state index contributed by atoms with van der Waals surface area (Å²) in [6.07, 6.45) is 0.930. The maximum atomic E-state index is 12.4. The lowest BCUT2D eigenvalue weighted by atomic mass is 9.87. The van der Waals surface area contributed by atoms with Crippen LogP contribution < -0.4 is 4.74 Å². The Morgan fingerprint density at radius 3 is 2.67 bits per heavy atom. The van der Waals surface area contributed by atoms with Crippen LogP contribution in [0.2, 0.25) is 0 Å². The van der Waals surface area contributed by atoms with E-state index in [2.05, 4.69) is 4.98 Å². The number of carbonyl (C=O) groups excluding carboxylic acids is 1. The molecule has 2 aromatic carbocycles. The van der Waals surface area contributed by atoms with E-state index in [1.165, 1.54) is 0 Å². The van der Waals surface area contributed by atoms with Crippen LogP contribution in [0.15, 0.2) is 59.0 Å². The third kappa shape index (κ3) is 6.24. The second-order valence-corrected chi connectivity index (χ2v) is 9.04. The van der Waals surface area contributed by atoms with Gasteiger partial charge in [0.2, 0.25) is 5.89 Å². The monoisotopic (exact) mass is 492 g/mol. The highest BCUT2D eigenvalue weighted by Crippen LogP contribution is 2.36. The standard InChI is InChI=1S/C28H32N2O6/c1-3-13-35-28(33)30-17-22(16-26(31)32)24(18-30)21-10-7-11-23(15-21)34-14-12-25-19(2)36-27(29-25)20-8-5-4-6-9-20/h4-11,15,22,24H,3,12-14,16-18H2,1-2H3,(H,31,32)/t22-,24-/m0/s1. The van der Waals surface area contributed by atoms with E-state index >= 15 is 0 Å². The fourth-order valence-corrected chi connectivity index (χ4v) is 4.57. The maximum absolute atomic E-state index is 12.4. The molecule has 1 fully saturated rings. The summed E-state index contributed by atoms with van der Waals surface area (Å²) in [5.41, 5.74) is 2.73. The lowest BCUT2D eigenvalue weighted by molar-refractivity contribution is -0.138. The van der Waals surface area contributed by atoms with E-state index in [-0.39, 0.29) is 24.3 Å². The van der Waals surface area contributed by atoms with E-state index in [1.54, 1.807) is 4.90 Å². The van der Waals surface area contributed by atoms with Crippen molar-refractivity contribution in [1.82, 2.24) is 9.88 Å². The predicted molar refractivity (Wildman–Crippen MR) is 134 cm³/mol. The first-order chi connectivity index (χ1) is 17.4. The first-order valence-corrected chi connectivity index (χ1v) is 12.3. The van der Waals surface area contributed by atoms with Crippen molar-refractivity contribution < 1.29 is 28.6 Å². The van der Waals surface area contributed by atoms with Crippen LogP contribution in [-0.4, -0.2) is 53.4 Å². The molecule has 0 bridgehead atoms. The van der Waals surface area contributed by atoms with Crippen LogP contribution >= 0.6 is 0 Å². The van der Waals surface area contributed by atoms with Crippen molar-refractivity contribution in [2.45, 2.75) is 39.0 Å². The average Bonchev–Trinajstić information content (AvgIpc) is 3.46. The summed E-state index contributed by atoms with van der Waals surface area (Å²) in [5, 5.41) is 9.41. The molecule has 2 heterocycles. The summed E-state index contributed by atoms with van der Waals surface area (Å²) in [6.45, 7) is 5.39. The van der Waals surface area contributed by atoms with Crippen LogP contribution in [0.25, 0.3) is 11.5 Å². The predicted octanol–water partition coefficient (Wildman–Crippen LogP) is 5.31. The number of oxazole rings is 1. The number of carbonyl (C=O) groups is 2. The minimum Gasteiger partial charge on any atom is -0.493 e. The maximum Gasteiger partial charge on any atom is 0.409 e. The number of aryl methyl sites for hydroxylation is 1. The molecule has 1 N–H and O–H groups in total. The Hall–Kier alpha value is -3.81. The number of likely N-dealkylation sites (tertiary alicyclic amines) is 1. The molecule has 3 aromatic rings. The van der Waals surface area contributed by atoms with E-state index in [0.29, 0.717) is 44.4 Å². The highest BCUT2D eigenvalue weighted by atomic mass is 16.6. The van der Waals surface area contributed by atoms with Crippen LogP contribution in [0.4, 0.5) is 4.79 Å². The van der Waals surface area contributed by atoms with Gasteiger partial charge in [-0.25, -0.2) is 9.78 Å². The number of carboxylic acid groups (broad SMARTS) is 1. The lowest BCUT2D eigenvalue weighted by Gasteiger charge is -2.18. The minimum atomic E-state index is -0.876. The molecule has 8 heteroatoms. The SMILES string of the molecule is CCCOC(=O)N1C[C@H](CC(=O)O)[C@H](c2cccc(OCCc3nc(-c4ccccc4)oc3C)c2)C1. The van der Waals surface area contributed by atoms with Gasteiger partial charge < -0.3 is 23.9 Å².